The van der Waals surface area contributed by atoms with Gasteiger partial charge in [-0.3, -0.25) is 9.59 Å². The van der Waals surface area contributed by atoms with Crippen molar-refractivity contribution in [3.05, 3.63) is 76.3 Å². The number of rotatable bonds is 10. The number of likely N-dealkylation sites (N-methyl/N-ethyl adjacent to an activating group) is 1. The molecule has 0 saturated carbocycles. The second kappa shape index (κ2) is 12.3. The Morgan fingerprint density at radius 2 is 1.59 bits per heavy atom. The van der Waals surface area contributed by atoms with E-state index in [2.05, 4.69) is 5.32 Å². The molecule has 0 aliphatic heterocycles. The van der Waals surface area contributed by atoms with Crippen LogP contribution >= 0.6 is 23.2 Å². The van der Waals surface area contributed by atoms with Crippen LogP contribution in [0.2, 0.25) is 10.0 Å². The van der Waals surface area contributed by atoms with Crippen LogP contribution in [0.3, 0.4) is 0 Å². The fourth-order valence-corrected chi connectivity index (χ4v) is 5.22. The molecule has 1 N–H and O–H groups in total. The van der Waals surface area contributed by atoms with Crippen LogP contribution in [-0.2, 0) is 26.2 Å². The topological polar surface area (TPSA) is 86.8 Å². The minimum Gasteiger partial charge on any atom is -0.354 e. The van der Waals surface area contributed by atoms with Gasteiger partial charge in [0.05, 0.1) is 21.5 Å². The van der Waals surface area contributed by atoms with Gasteiger partial charge in [-0.15, -0.1) is 0 Å². The summed E-state index contributed by atoms with van der Waals surface area (Å²) in [5.74, 6) is -0.624. The molecule has 0 fully saturated rings. The Balaban J connectivity index is 1.85. The molecule has 10 heteroatoms. The van der Waals surface area contributed by atoms with Crippen LogP contribution in [0.4, 0.5) is 0 Å². The summed E-state index contributed by atoms with van der Waals surface area (Å²) in [4.78, 5) is 27.7. The third kappa shape index (κ3) is 7.23. The van der Waals surface area contributed by atoms with Crippen molar-refractivity contribution in [1.29, 1.82) is 0 Å². The Kier molecular flexibility index (Phi) is 9.58. The van der Waals surface area contributed by atoms with Crippen LogP contribution in [-0.4, -0.2) is 55.6 Å². The summed E-state index contributed by atoms with van der Waals surface area (Å²) in [7, 11) is -2.61. The third-order valence-corrected chi connectivity index (χ3v) is 8.51. The molecule has 0 saturated heterocycles. The molecule has 1 atom stereocenters. The number of amides is 2. The zero-order valence-corrected chi connectivity index (χ0v) is 23.6. The molecule has 3 rings (SSSR count). The van der Waals surface area contributed by atoms with Crippen molar-refractivity contribution in [3.8, 4) is 0 Å². The average Bonchev–Trinajstić information content (AvgIpc) is 2.86. The maximum atomic E-state index is 13.5. The second-order valence-electron chi connectivity index (χ2n) is 9.36. The van der Waals surface area contributed by atoms with Gasteiger partial charge in [0.1, 0.15) is 6.04 Å². The lowest BCUT2D eigenvalue weighted by Crippen LogP contribution is -2.51. The van der Waals surface area contributed by atoms with E-state index in [1.165, 1.54) is 18.0 Å². The number of carbonyl (C=O) groups is 2. The predicted octanol–water partition coefficient (Wildman–Crippen LogP) is 4.96. The highest BCUT2D eigenvalue weighted by molar-refractivity contribution is 7.89. The van der Waals surface area contributed by atoms with Crippen molar-refractivity contribution in [3.63, 3.8) is 0 Å². The minimum absolute atomic E-state index is 0.0514. The van der Waals surface area contributed by atoms with E-state index in [9.17, 15) is 18.0 Å². The molecule has 3 aromatic carbocycles. The highest BCUT2D eigenvalue weighted by Gasteiger charge is 2.30. The van der Waals surface area contributed by atoms with Gasteiger partial charge in [0.25, 0.3) is 0 Å². The van der Waals surface area contributed by atoms with Gasteiger partial charge < -0.3 is 10.2 Å². The number of sulfonamides is 1. The predicted molar refractivity (Wildman–Crippen MR) is 148 cm³/mol. The molecule has 2 amide bonds. The van der Waals surface area contributed by atoms with Crippen LogP contribution in [0.25, 0.3) is 10.8 Å². The van der Waals surface area contributed by atoms with Crippen LogP contribution in [0.15, 0.2) is 65.6 Å². The largest absolute Gasteiger partial charge is 0.354 e. The first kappa shape index (κ1) is 28.9. The van der Waals surface area contributed by atoms with Gasteiger partial charge in [0, 0.05) is 20.1 Å². The maximum Gasteiger partial charge on any atom is 0.243 e. The summed E-state index contributed by atoms with van der Waals surface area (Å²) >= 11 is 12.2. The Hall–Kier alpha value is -2.65. The van der Waals surface area contributed by atoms with Crippen LogP contribution < -0.4 is 5.32 Å². The molecule has 37 heavy (non-hydrogen) atoms. The van der Waals surface area contributed by atoms with Crippen molar-refractivity contribution in [1.82, 2.24) is 14.5 Å². The number of fused-ring (bicyclic) bond motifs is 1. The van der Waals surface area contributed by atoms with Gasteiger partial charge >= 0.3 is 0 Å². The summed E-state index contributed by atoms with van der Waals surface area (Å²) in [5, 5.41) is 5.21. The molecule has 198 valence electrons. The number of nitrogens with zero attached hydrogens (tertiary/aromatic N) is 2. The number of benzene rings is 3. The number of nitrogens with one attached hydrogen (secondary N) is 1. The van der Waals surface area contributed by atoms with Crippen LogP contribution in [0, 0.1) is 5.92 Å². The molecular formula is C27H31Cl2N3O4S. The molecule has 0 aromatic heterocycles. The molecule has 3 aromatic rings. The van der Waals surface area contributed by atoms with Gasteiger partial charge in [0.15, 0.2) is 0 Å². The van der Waals surface area contributed by atoms with Crippen LogP contribution in [0.5, 0.6) is 0 Å². The van der Waals surface area contributed by atoms with E-state index in [1.807, 2.05) is 38.1 Å². The summed E-state index contributed by atoms with van der Waals surface area (Å²) in [6.45, 7) is 5.61. The van der Waals surface area contributed by atoms with E-state index in [4.69, 9.17) is 23.2 Å². The SMILES string of the molecule is CC(C)CNC(=O)C(C)N(Cc1ccc(Cl)c(Cl)c1)C(=O)CN(C)S(=O)(=O)c1ccc2ccccc2c1. The smallest absolute Gasteiger partial charge is 0.243 e. The van der Waals surface area contributed by atoms with Gasteiger partial charge in [-0.1, -0.05) is 73.4 Å². The molecule has 0 radical (unpaired) electrons. The summed E-state index contributed by atoms with van der Waals surface area (Å²) in [6.07, 6.45) is 0. The Bertz CT molecular complexity index is 1400. The second-order valence-corrected chi connectivity index (χ2v) is 12.2. The normalized spacial score (nSPS) is 12.6. The number of hydrogen-bond donors (Lipinski definition) is 1. The maximum absolute atomic E-state index is 13.5. The molecule has 1 unspecified atom stereocenters. The molecular weight excluding hydrogens is 533 g/mol. The molecule has 0 bridgehead atoms. The first-order chi connectivity index (χ1) is 17.4. The minimum atomic E-state index is -3.96. The van der Waals surface area contributed by atoms with Gasteiger partial charge in [-0.25, -0.2) is 8.42 Å². The zero-order chi connectivity index (χ0) is 27.3. The van der Waals surface area contributed by atoms with E-state index in [1.54, 1.807) is 37.3 Å². The molecule has 7 nitrogen and oxygen atoms in total. The quantitative estimate of drug-likeness (QED) is 0.377. The van der Waals surface area contributed by atoms with Crippen LogP contribution in [0.1, 0.15) is 26.3 Å². The first-order valence-electron chi connectivity index (χ1n) is 11.9. The Morgan fingerprint density at radius 1 is 0.919 bits per heavy atom. The molecule has 0 spiro atoms. The summed E-state index contributed by atoms with van der Waals surface area (Å²) in [5.41, 5.74) is 0.659. The van der Waals surface area contributed by atoms with Crippen molar-refractivity contribution in [2.45, 2.75) is 38.3 Å². The zero-order valence-electron chi connectivity index (χ0n) is 21.2. The lowest BCUT2D eigenvalue weighted by molar-refractivity contribution is -0.140. The van der Waals surface area contributed by atoms with Gasteiger partial charge in [-0.2, -0.15) is 4.31 Å². The molecule has 0 heterocycles. The highest BCUT2D eigenvalue weighted by Crippen LogP contribution is 2.25. The molecule has 0 aliphatic carbocycles. The monoisotopic (exact) mass is 563 g/mol. The highest BCUT2D eigenvalue weighted by atomic mass is 35.5. The summed E-state index contributed by atoms with van der Waals surface area (Å²) in [6, 6.07) is 16.4. The van der Waals surface area contributed by atoms with Gasteiger partial charge in [0.2, 0.25) is 21.8 Å². The number of carbonyl (C=O) groups excluding carboxylic acids is 2. The fraction of sp³-hybridized carbons (Fsp3) is 0.333. The van der Waals surface area contributed by atoms with Crippen molar-refractivity contribution < 1.29 is 18.0 Å². The van der Waals surface area contributed by atoms with Crippen molar-refractivity contribution in [2.75, 3.05) is 20.1 Å². The van der Waals surface area contributed by atoms with Crippen molar-refractivity contribution in [2.24, 2.45) is 5.92 Å². The summed E-state index contributed by atoms with van der Waals surface area (Å²) < 4.78 is 27.6. The Morgan fingerprint density at radius 3 is 2.24 bits per heavy atom. The first-order valence-corrected chi connectivity index (χ1v) is 14.1. The van der Waals surface area contributed by atoms with E-state index >= 15 is 0 Å². The third-order valence-electron chi connectivity index (χ3n) is 5.98. The van der Waals surface area contributed by atoms with Gasteiger partial charge in [-0.05, 0) is 53.4 Å². The number of halogens is 2. The van der Waals surface area contributed by atoms with E-state index in [-0.39, 0.29) is 23.3 Å². The van der Waals surface area contributed by atoms with E-state index < -0.39 is 28.5 Å². The number of hydrogen-bond acceptors (Lipinski definition) is 4. The van der Waals surface area contributed by atoms with E-state index in [0.29, 0.717) is 22.2 Å². The average molecular weight is 565 g/mol. The fourth-order valence-electron chi connectivity index (χ4n) is 3.74. The van der Waals surface area contributed by atoms with Crippen molar-refractivity contribution >= 4 is 55.8 Å². The van der Waals surface area contributed by atoms with E-state index in [0.717, 1.165) is 15.1 Å². The Labute approximate surface area is 228 Å². The molecule has 0 aliphatic rings. The standard InChI is InChI=1S/C27H31Cl2N3O4S/c1-18(2)15-30-27(34)19(3)32(16-20-9-12-24(28)25(29)13-20)26(33)17-31(4)37(35,36)23-11-10-21-7-5-6-8-22(21)14-23/h5-14,18-19H,15-17H2,1-4H3,(H,30,34). The lowest BCUT2D eigenvalue weighted by atomic mass is 10.1. The lowest BCUT2D eigenvalue weighted by Gasteiger charge is -2.30.